The van der Waals surface area contributed by atoms with E-state index >= 15 is 0 Å². The molecule has 1 rings (SSSR count). The van der Waals surface area contributed by atoms with Gasteiger partial charge in [0.25, 0.3) is 0 Å². The van der Waals surface area contributed by atoms with Crippen molar-refractivity contribution in [2.75, 3.05) is 17.8 Å². The summed E-state index contributed by atoms with van der Waals surface area (Å²) in [6, 6.07) is 9.28. The molecule has 6 heteroatoms. The quantitative estimate of drug-likeness (QED) is 0.830. The van der Waals surface area contributed by atoms with Crippen LogP contribution >= 0.6 is 11.8 Å². The molecule has 0 aliphatic heterocycles. The summed E-state index contributed by atoms with van der Waals surface area (Å²) in [5, 5.41) is 8.67. The molecule has 1 unspecified atom stereocenters. The Hall–Kier alpha value is -1.01. The maximum atomic E-state index is 11.0. The second-order valence-corrected chi connectivity index (χ2v) is 7.57. The van der Waals surface area contributed by atoms with E-state index in [0.29, 0.717) is 5.75 Å². The van der Waals surface area contributed by atoms with E-state index in [2.05, 4.69) is 0 Å². The molecule has 0 fully saturated rings. The van der Waals surface area contributed by atoms with Crippen molar-refractivity contribution in [3.63, 3.8) is 0 Å². The van der Waals surface area contributed by atoms with Crippen LogP contribution < -0.4 is 0 Å². The predicted molar refractivity (Wildman–Crippen MR) is 73.6 cm³/mol. The number of carboxylic acid groups (broad SMARTS) is 1. The molecule has 0 radical (unpaired) electrons. The van der Waals surface area contributed by atoms with Crippen LogP contribution in [0.5, 0.6) is 0 Å². The molecule has 18 heavy (non-hydrogen) atoms. The molecule has 1 aromatic rings. The smallest absolute Gasteiger partial charge is 0.304 e. The molecule has 0 aliphatic carbocycles. The lowest BCUT2D eigenvalue weighted by Gasteiger charge is -2.14. The van der Waals surface area contributed by atoms with Gasteiger partial charge in [-0.1, -0.05) is 30.3 Å². The van der Waals surface area contributed by atoms with E-state index in [0.717, 1.165) is 5.56 Å². The number of carbonyl (C=O) groups is 1. The molecule has 1 N–H and O–H groups in total. The first-order valence-corrected chi connectivity index (χ1v) is 8.55. The van der Waals surface area contributed by atoms with Gasteiger partial charge in [0.05, 0.1) is 12.2 Å². The standard InChI is InChI=1S/C12H16O4S2/c1-18(15,16)8-7-17-11(9-12(13)14)10-5-3-2-4-6-10/h2-6,11H,7-9H2,1H3,(H,13,14). The Balaban J connectivity index is 2.65. The first-order chi connectivity index (χ1) is 8.38. The molecule has 0 heterocycles. The van der Waals surface area contributed by atoms with Crippen molar-refractivity contribution in [1.29, 1.82) is 0 Å². The molecule has 4 nitrogen and oxygen atoms in total. The maximum absolute atomic E-state index is 11.0. The van der Waals surface area contributed by atoms with Crippen LogP contribution in [-0.2, 0) is 14.6 Å². The molecule has 0 spiro atoms. The van der Waals surface area contributed by atoms with E-state index in [4.69, 9.17) is 5.11 Å². The van der Waals surface area contributed by atoms with Crippen molar-refractivity contribution in [2.45, 2.75) is 11.7 Å². The minimum absolute atomic E-state index is 0.00155. The van der Waals surface area contributed by atoms with Gasteiger partial charge < -0.3 is 5.11 Å². The highest BCUT2D eigenvalue weighted by atomic mass is 32.2. The lowest BCUT2D eigenvalue weighted by molar-refractivity contribution is -0.137. The summed E-state index contributed by atoms with van der Waals surface area (Å²) in [5.41, 5.74) is 0.915. The van der Waals surface area contributed by atoms with E-state index in [-0.39, 0.29) is 17.4 Å². The third-order valence-electron chi connectivity index (χ3n) is 2.30. The lowest BCUT2D eigenvalue weighted by atomic mass is 10.1. The Bertz CT molecular complexity index is 482. The van der Waals surface area contributed by atoms with E-state index < -0.39 is 15.8 Å². The van der Waals surface area contributed by atoms with Crippen molar-refractivity contribution in [3.05, 3.63) is 35.9 Å². The van der Waals surface area contributed by atoms with Crippen molar-refractivity contribution in [3.8, 4) is 0 Å². The zero-order valence-electron chi connectivity index (χ0n) is 10.1. The van der Waals surface area contributed by atoms with Crippen LogP contribution in [-0.4, -0.2) is 37.3 Å². The lowest BCUT2D eigenvalue weighted by Crippen LogP contribution is -2.09. The average molecular weight is 288 g/mol. The van der Waals surface area contributed by atoms with E-state index in [1.807, 2.05) is 30.3 Å². The highest BCUT2D eigenvalue weighted by Crippen LogP contribution is 2.31. The summed E-state index contributed by atoms with van der Waals surface area (Å²) in [7, 11) is -3.00. The molecule has 0 amide bonds. The van der Waals surface area contributed by atoms with Gasteiger partial charge in [0.15, 0.2) is 0 Å². The number of sulfone groups is 1. The zero-order chi connectivity index (χ0) is 13.6. The highest BCUT2D eigenvalue weighted by Gasteiger charge is 2.16. The zero-order valence-corrected chi connectivity index (χ0v) is 11.7. The van der Waals surface area contributed by atoms with Crippen LogP contribution in [0.4, 0.5) is 0 Å². The van der Waals surface area contributed by atoms with Gasteiger partial charge in [0, 0.05) is 17.3 Å². The second-order valence-electron chi connectivity index (χ2n) is 4.00. The monoisotopic (exact) mass is 288 g/mol. The number of hydrogen-bond acceptors (Lipinski definition) is 4. The third kappa shape index (κ3) is 6.07. The first kappa shape index (κ1) is 15.0. The normalized spacial score (nSPS) is 13.2. The first-order valence-electron chi connectivity index (χ1n) is 5.44. The summed E-state index contributed by atoms with van der Waals surface area (Å²) in [6.45, 7) is 0. The molecule has 1 atom stereocenters. The topological polar surface area (TPSA) is 71.4 Å². The van der Waals surface area contributed by atoms with Crippen LogP contribution in [0.1, 0.15) is 17.2 Å². The van der Waals surface area contributed by atoms with E-state index in [1.165, 1.54) is 18.0 Å². The van der Waals surface area contributed by atoms with Gasteiger partial charge in [0.2, 0.25) is 0 Å². The van der Waals surface area contributed by atoms with Gasteiger partial charge in [0.1, 0.15) is 9.84 Å². The van der Waals surface area contributed by atoms with Crippen LogP contribution in [0, 0.1) is 0 Å². The number of rotatable bonds is 7. The molecule has 0 aromatic heterocycles. The molecular formula is C12H16O4S2. The van der Waals surface area contributed by atoms with Crippen LogP contribution in [0.2, 0.25) is 0 Å². The number of carboxylic acids is 1. The van der Waals surface area contributed by atoms with E-state index in [9.17, 15) is 13.2 Å². The predicted octanol–water partition coefficient (Wildman–Crippen LogP) is 1.98. The number of aliphatic carboxylic acids is 1. The van der Waals surface area contributed by atoms with Gasteiger partial charge in [-0.25, -0.2) is 8.42 Å². The van der Waals surface area contributed by atoms with E-state index in [1.54, 1.807) is 0 Å². The van der Waals surface area contributed by atoms with Crippen molar-refractivity contribution in [1.82, 2.24) is 0 Å². The van der Waals surface area contributed by atoms with Crippen LogP contribution in [0.3, 0.4) is 0 Å². The molecule has 0 saturated carbocycles. The Morgan fingerprint density at radius 2 is 1.94 bits per heavy atom. The molecule has 0 bridgehead atoms. The van der Waals surface area contributed by atoms with Crippen molar-refractivity contribution >= 4 is 27.6 Å². The second kappa shape index (κ2) is 6.80. The summed E-state index contributed by atoms with van der Waals surface area (Å²) < 4.78 is 22.1. The number of hydrogen-bond donors (Lipinski definition) is 1. The maximum Gasteiger partial charge on any atom is 0.304 e. The Morgan fingerprint density at radius 3 is 2.44 bits per heavy atom. The molecule has 100 valence electrons. The van der Waals surface area contributed by atoms with Gasteiger partial charge in [-0.15, -0.1) is 0 Å². The minimum Gasteiger partial charge on any atom is -0.481 e. The molecule has 0 saturated heterocycles. The van der Waals surface area contributed by atoms with Crippen LogP contribution in [0.25, 0.3) is 0 Å². The average Bonchev–Trinajstić information content (AvgIpc) is 2.27. The third-order valence-corrected chi connectivity index (χ3v) is 4.79. The fourth-order valence-electron chi connectivity index (χ4n) is 1.44. The van der Waals surface area contributed by atoms with Gasteiger partial charge in [-0.05, 0) is 5.56 Å². The summed E-state index contributed by atoms with van der Waals surface area (Å²) in [4.78, 5) is 10.8. The molecule has 0 aliphatic rings. The van der Waals surface area contributed by atoms with Gasteiger partial charge in [-0.3, -0.25) is 4.79 Å². The Labute approximate surface area is 111 Å². The highest BCUT2D eigenvalue weighted by molar-refractivity contribution is 8.00. The van der Waals surface area contributed by atoms with Crippen molar-refractivity contribution in [2.24, 2.45) is 0 Å². The summed E-state index contributed by atoms with van der Waals surface area (Å²) in [6.07, 6.45) is 1.18. The Morgan fingerprint density at radius 1 is 1.33 bits per heavy atom. The van der Waals surface area contributed by atoms with Crippen LogP contribution in [0.15, 0.2) is 30.3 Å². The largest absolute Gasteiger partial charge is 0.481 e. The fraction of sp³-hybridized carbons (Fsp3) is 0.417. The Kier molecular flexibility index (Phi) is 5.68. The van der Waals surface area contributed by atoms with Crippen molar-refractivity contribution < 1.29 is 18.3 Å². The minimum atomic E-state index is -3.00. The van der Waals surface area contributed by atoms with Gasteiger partial charge in [-0.2, -0.15) is 11.8 Å². The molecule has 1 aromatic carbocycles. The number of thioether (sulfide) groups is 1. The fourth-order valence-corrected chi connectivity index (χ4v) is 3.93. The summed E-state index contributed by atoms with van der Waals surface area (Å²) >= 11 is 1.37. The summed E-state index contributed by atoms with van der Waals surface area (Å²) in [5.74, 6) is -0.401. The number of benzene rings is 1. The molecular weight excluding hydrogens is 272 g/mol. The van der Waals surface area contributed by atoms with Gasteiger partial charge >= 0.3 is 5.97 Å². The SMILES string of the molecule is CS(=O)(=O)CCSC(CC(=O)O)c1ccccc1.